The van der Waals surface area contributed by atoms with Crippen LogP contribution < -0.4 is 10.6 Å². The van der Waals surface area contributed by atoms with Gasteiger partial charge in [0.15, 0.2) is 0 Å². The molecule has 2 N–H and O–H groups in total. The van der Waals surface area contributed by atoms with E-state index in [4.69, 9.17) is 4.74 Å². The molecule has 2 aliphatic rings. The molecule has 3 heteroatoms. The van der Waals surface area contributed by atoms with Crippen LogP contribution in [0.1, 0.15) is 33.1 Å². The van der Waals surface area contributed by atoms with Gasteiger partial charge in [-0.2, -0.15) is 0 Å². The summed E-state index contributed by atoms with van der Waals surface area (Å²) in [6.07, 6.45) is 4.07. The molecule has 0 spiro atoms. The molecule has 1 aliphatic heterocycles. The molecule has 88 valence electrons. The first-order valence-electron chi connectivity index (χ1n) is 6.30. The van der Waals surface area contributed by atoms with E-state index < -0.39 is 0 Å². The van der Waals surface area contributed by atoms with Gasteiger partial charge in [0.05, 0.1) is 13.2 Å². The Balaban J connectivity index is 1.73. The second kappa shape index (κ2) is 4.81. The quantitative estimate of drug-likeness (QED) is 0.717. The molecule has 15 heavy (non-hydrogen) atoms. The Kier molecular flexibility index (Phi) is 3.65. The second-order valence-electron chi connectivity index (χ2n) is 5.26. The molecule has 3 nitrogen and oxygen atoms in total. The zero-order chi connectivity index (χ0) is 10.7. The minimum atomic E-state index is 0.430. The summed E-state index contributed by atoms with van der Waals surface area (Å²) in [4.78, 5) is 0. The summed E-state index contributed by atoms with van der Waals surface area (Å²) < 4.78 is 5.54. The fraction of sp³-hybridized carbons (Fsp3) is 1.00. The lowest BCUT2D eigenvalue weighted by atomic mass is 9.78. The van der Waals surface area contributed by atoms with Gasteiger partial charge < -0.3 is 15.4 Å². The Morgan fingerprint density at radius 3 is 2.73 bits per heavy atom. The van der Waals surface area contributed by atoms with E-state index in [9.17, 15) is 0 Å². The van der Waals surface area contributed by atoms with Crippen LogP contribution in [0.2, 0.25) is 0 Å². The van der Waals surface area contributed by atoms with Gasteiger partial charge in [-0.05, 0) is 32.7 Å². The van der Waals surface area contributed by atoms with Gasteiger partial charge in [0.25, 0.3) is 0 Å². The van der Waals surface area contributed by atoms with E-state index in [1.165, 1.54) is 19.3 Å². The third-order valence-electron chi connectivity index (χ3n) is 3.91. The molecule has 0 amide bonds. The topological polar surface area (TPSA) is 33.3 Å². The molecule has 2 unspecified atom stereocenters. The van der Waals surface area contributed by atoms with E-state index in [2.05, 4.69) is 24.5 Å². The van der Waals surface area contributed by atoms with E-state index in [1.807, 2.05) is 0 Å². The average Bonchev–Trinajstić information content (AvgIpc) is 2.60. The van der Waals surface area contributed by atoms with Crippen molar-refractivity contribution in [1.82, 2.24) is 10.6 Å². The number of hydrogen-bond donors (Lipinski definition) is 2. The molecule has 0 aromatic heterocycles. The van der Waals surface area contributed by atoms with Gasteiger partial charge in [0.1, 0.15) is 0 Å². The van der Waals surface area contributed by atoms with Crippen LogP contribution in [0.4, 0.5) is 0 Å². The van der Waals surface area contributed by atoms with Gasteiger partial charge in [0, 0.05) is 24.0 Å². The summed E-state index contributed by atoms with van der Waals surface area (Å²) in [6, 6.07) is 0.561. The highest BCUT2D eigenvalue weighted by molar-refractivity contribution is 4.93. The van der Waals surface area contributed by atoms with Crippen molar-refractivity contribution in [2.75, 3.05) is 26.3 Å². The Bertz CT molecular complexity index is 204. The fourth-order valence-electron chi connectivity index (χ4n) is 2.55. The number of rotatable bonds is 5. The van der Waals surface area contributed by atoms with Crippen molar-refractivity contribution in [1.29, 1.82) is 0 Å². The summed E-state index contributed by atoms with van der Waals surface area (Å²) in [5.74, 6) is 0.655. The molecular formula is C12H24N2O. The standard InChI is InChI=1S/C12H24N2O/c1-3-13-11-9-15-8-10(11)7-14-12(2)5-4-6-12/h10-11,13-14H,3-9H2,1-2H3. The maximum atomic E-state index is 5.54. The van der Waals surface area contributed by atoms with Crippen molar-refractivity contribution in [2.45, 2.75) is 44.7 Å². The molecule has 1 heterocycles. The van der Waals surface area contributed by atoms with Crippen molar-refractivity contribution in [3.05, 3.63) is 0 Å². The van der Waals surface area contributed by atoms with Crippen LogP contribution in [-0.4, -0.2) is 37.9 Å². The lowest BCUT2D eigenvalue weighted by Crippen LogP contribution is -2.52. The number of nitrogens with one attached hydrogen (secondary N) is 2. The van der Waals surface area contributed by atoms with Crippen molar-refractivity contribution < 1.29 is 4.74 Å². The highest BCUT2D eigenvalue weighted by Crippen LogP contribution is 2.31. The largest absolute Gasteiger partial charge is 0.379 e. The van der Waals surface area contributed by atoms with E-state index in [0.717, 1.165) is 26.3 Å². The number of likely N-dealkylation sites (N-methyl/N-ethyl adjacent to an activating group) is 1. The molecule has 1 aliphatic carbocycles. The van der Waals surface area contributed by atoms with E-state index in [-0.39, 0.29) is 0 Å². The fourth-order valence-corrected chi connectivity index (χ4v) is 2.55. The first-order valence-corrected chi connectivity index (χ1v) is 6.30. The highest BCUT2D eigenvalue weighted by atomic mass is 16.5. The smallest absolute Gasteiger partial charge is 0.0623 e. The minimum Gasteiger partial charge on any atom is -0.379 e. The highest BCUT2D eigenvalue weighted by Gasteiger charge is 2.34. The zero-order valence-corrected chi connectivity index (χ0v) is 10.0. The third-order valence-corrected chi connectivity index (χ3v) is 3.91. The molecule has 1 saturated carbocycles. The first-order chi connectivity index (χ1) is 7.23. The molecule has 0 aromatic rings. The summed E-state index contributed by atoms with van der Waals surface area (Å²) in [5.41, 5.74) is 0.430. The average molecular weight is 212 g/mol. The molecule has 2 fully saturated rings. The SMILES string of the molecule is CCNC1COCC1CNC1(C)CCC1. The summed E-state index contributed by atoms with van der Waals surface area (Å²) >= 11 is 0. The maximum Gasteiger partial charge on any atom is 0.0623 e. The van der Waals surface area contributed by atoms with Crippen LogP contribution >= 0.6 is 0 Å². The normalized spacial score (nSPS) is 34.0. The van der Waals surface area contributed by atoms with Crippen molar-refractivity contribution in [2.24, 2.45) is 5.92 Å². The van der Waals surface area contributed by atoms with Crippen LogP contribution in [0.3, 0.4) is 0 Å². The number of hydrogen-bond acceptors (Lipinski definition) is 3. The molecule has 0 bridgehead atoms. The summed E-state index contributed by atoms with van der Waals surface area (Å²) in [5, 5.41) is 7.21. The molecule has 2 atom stereocenters. The Morgan fingerprint density at radius 2 is 2.13 bits per heavy atom. The van der Waals surface area contributed by atoms with E-state index in [0.29, 0.717) is 17.5 Å². The van der Waals surface area contributed by atoms with Crippen LogP contribution in [0, 0.1) is 5.92 Å². The predicted octanol–water partition coefficient (Wildman–Crippen LogP) is 1.14. The van der Waals surface area contributed by atoms with Gasteiger partial charge >= 0.3 is 0 Å². The van der Waals surface area contributed by atoms with Crippen LogP contribution in [-0.2, 0) is 4.74 Å². The summed E-state index contributed by atoms with van der Waals surface area (Å²) in [7, 11) is 0. The van der Waals surface area contributed by atoms with Gasteiger partial charge in [-0.3, -0.25) is 0 Å². The van der Waals surface area contributed by atoms with Crippen LogP contribution in [0.15, 0.2) is 0 Å². The molecule has 1 saturated heterocycles. The van der Waals surface area contributed by atoms with Crippen molar-refractivity contribution in [3.63, 3.8) is 0 Å². The third kappa shape index (κ3) is 2.71. The van der Waals surface area contributed by atoms with Crippen LogP contribution in [0.5, 0.6) is 0 Å². The second-order valence-corrected chi connectivity index (χ2v) is 5.26. The number of ether oxygens (including phenoxy) is 1. The van der Waals surface area contributed by atoms with E-state index in [1.54, 1.807) is 0 Å². The molecule has 0 radical (unpaired) electrons. The van der Waals surface area contributed by atoms with Gasteiger partial charge in [-0.25, -0.2) is 0 Å². The molecule has 2 rings (SSSR count). The first kappa shape index (κ1) is 11.4. The predicted molar refractivity (Wildman–Crippen MR) is 62.0 cm³/mol. The van der Waals surface area contributed by atoms with Crippen molar-refractivity contribution >= 4 is 0 Å². The van der Waals surface area contributed by atoms with Gasteiger partial charge in [-0.1, -0.05) is 6.92 Å². The molecular weight excluding hydrogens is 188 g/mol. The Labute approximate surface area is 93.0 Å². The Morgan fingerprint density at radius 1 is 1.33 bits per heavy atom. The van der Waals surface area contributed by atoms with Gasteiger partial charge in [0.2, 0.25) is 0 Å². The summed E-state index contributed by atoms with van der Waals surface area (Å²) in [6.45, 7) is 8.46. The maximum absolute atomic E-state index is 5.54. The van der Waals surface area contributed by atoms with Gasteiger partial charge in [-0.15, -0.1) is 0 Å². The Hall–Kier alpha value is -0.120. The monoisotopic (exact) mass is 212 g/mol. The lowest BCUT2D eigenvalue weighted by molar-refractivity contribution is 0.169. The van der Waals surface area contributed by atoms with Crippen molar-refractivity contribution in [3.8, 4) is 0 Å². The minimum absolute atomic E-state index is 0.430. The molecule has 0 aromatic carbocycles. The van der Waals surface area contributed by atoms with E-state index >= 15 is 0 Å². The zero-order valence-electron chi connectivity index (χ0n) is 10.0. The lowest BCUT2D eigenvalue weighted by Gasteiger charge is -2.40. The van der Waals surface area contributed by atoms with Crippen LogP contribution in [0.25, 0.3) is 0 Å².